The molecule has 1 aliphatic rings. The number of aromatic amines is 1. The summed E-state index contributed by atoms with van der Waals surface area (Å²) in [6.45, 7) is 6.91. The molecular weight excluding hydrogens is 276 g/mol. The van der Waals surface area contributed by atoms with Gasteiger partial charge in [0.1, 0.15) is 0 Å². The van der Waals surface area contributed by atoms with Crippen molar-refractivity contribution in [2.24, 2.45) is 5.92 Å². The van der Waals surface area contributed by atoms with E-state index in [2.05, 4.69) is 20.2 Å². The maximum Gasteiger partial charge on any atom is 0.260 e. The van der Waals surface area contributed by atoms with E-state index in [4.69, 9.17) is 0 Å². The van der Waals surface area contributed by atoms with Gasteiger partial charge in [-0.3, -0.25) is 5.10 Å². The molecule has 0 aliphatic heterocycles. The summed E-state index contributed by atoms with van der Waals surface area (Å²) < 4.78 is 27.3. The van der Waals surface area contributed by atoms with Crippen molar-refractivity contribution in [2.45, 2.75) is 57.6 Å². The van der Waals surface area contributed by atoms with E-state index in [-0.39, 0.29) is 5.03 Å². The zero-order valence-electron chi connectivity index (χ0n) is 12.4. The largest absolute Gasteiger partial charge is 0.310 e. The average molecular weight is 300 g/mol. The Morgan fingerprint density at radius 3 is 2.75 bits per heavy atom. The Labute approximate surface area is 120 Å². The molecule has 1 aromatic heterocycles. The summed E-state index contributed by atoms with van der Waals surface area (Å²) in [7, 11) is -3.54. The van der Waals surface area contributed by atoms with Crippen molar-refractivity contribution in [1.29, 1.82) is 0 Å². The van der Waals surface area contributed by atoms with Crippen molar-refractivity contribution >= 4 is 10.0 Å². The van der Waals surface area contributed by atoms with Crippen molar-refractivity contribution in [3.05, 3.63) is 11.3 Å². The molecule has 1 fully saturated rings. The standard InChI is InChI=1S/C13H24N4O2S/c1-4-9(2)7-15-20(18,19)13-12(10(3)16-17-13)8-14-11-5-6-11/h9,11,14-15H,4-8H2,1-3H3,(H,16,17). The maximum absolute atomic E-state index is 12.3. The van der Waals surface area contributed by atoms with Gasteiger partial charge in [-0.1, -0.05) is 20.3 Å². The number of H-pyrrole nitrogens is 1. The Bertz CT molecular complexity index is 549. The first-order valence-corrected chi connectivity index (χ1v) is 8.69. The molecular formula is C13H24N4O2S. The Balaban J connectivity index is 2.09. The molecule has 1 atom stereocenters. The molecule has 1 aromatic rings. The first-order valence-electron chi connectivity index (χ1n) is 7.21. The van der Waals surface area contributed by atoms with E-state index in [1.807, 2.05) is 20.8 Å². The lowest BCUT2D eigenvalue weighted by Gasteiger charge is -2.11. The Hall–Kier alpha value is -0.920. The maximum atomic E-state index is 12.3. The topological polar surface area (TPSA) is 86.9 Å². The van der Waals surface area contributed by atoms with Crippen LogP contribution in [0.15, 0.2) is 5.03 Å². The molecule has 6 nitrogen and oxygen atoms in total. The number of sulfonamides is 1. The fourth-order valence-electron chi connectivity index (χ4n) is 1.86. The van der Waals surface area contributed by atoms with E-state index >= 15 is 0 Å². The van der Waals surface area contributed by atoms with Crippen LogP contribution in [0.3, 0.4) is 0 Å². The van der Waals surface area contributed by atoms with Gasteiger partial charge < -0.3 is 5.32 Å². The van der Waals surface area contributed by atoms with Gasteiger partial charge in [0.05, 0.1) is 0 Å². The van der Waals surface area contributed by atoms with Gasteiger partial charge in [-0.25, -0.2) is 13.1 Å². The number of nitrogens with one attached hydrogen (secondary N) is 3. The van der Waals surface area contributed by atoms with Gasteiger partial charge in [-0.05, 0) is 25.7 Å². The van der Waals surface area contributed by atoms with Gasteiger partial charge in [-0.15, -0.1) is 0 Å². The van der Waals surface area contributed by atoms with E-state index in [1.165, 1.54) is 12.8 Å². The number of hydrogen-bond acceptors (Lipinski definition) is 4. The van der Waals surface area contributed by atoms with Crippen LogP contribution in [0.1, 0.15) is 44.4 Å². The molecule has 1 unspecified atom stereocenters. The molecule has 0 saturated heterocycles. The quantitative estimate of drug-likeness (QED) is 0.675. The Kier molecular flexibility index (Phi) is 4.82. The summed E-state index contributed by atoms with van der Waals surface area (Å²) in [4.78, 5) is 0. The van der Waals surface area contributed by atoms with E-state index < -0.39 is 10.0 Å². The predicted octanol–water partition coefficient (Wildman–Crippen LogP) is 1.29. The highest BCUT2D eigenvalue weighted by Gasteiger charge is 2.26. The monoisotopic (exact) mass is 300 g/mol. The molecule has 0 spiro atoms. The van der Waals surface area contributed by atoms with Crippen LogP contribution in [0.4, 0.5) is 0 Å². The summed E-state index contributed by atoms with van der Waals surface area (Å²) in [6.07, 6.45) is 3.29. The number of hydrogen-bond donors (Lipinski definition) is 3. The second kappa shape index (κ2) is 6.24. The lowest BCUT2D eigenvalue weighted by atomic mass is 10.1. The summed E-state index contributed by atoms with van der Waals surface area (Å²) in [5.74, 6) is 0.317. The minimum Gasteiger partial charge on any atom is -0.310 e. The number of nitrogens with zero attached hydrogens (tertiary/aromatic N) is 1. The smallest absolute Gasteiger partial charge is 0.260 e. The van der Waals surface area contributed by atoms with Gasteiger partial charge >= 0.3 is 0 Å². The van der Waals surface area contributed by atoms with Crippen molar-refractivity contribution in [3.63, 3.8) is 0 Å². The summed E-state index contributed by atoms with van der Waals surface area (Å²) in [5.41, 5.74) is 1.55. The predicted molar refractivity (Wildman–Crippen MR) is 77.8 cm³/mol. The van der Waals surface area contributed by atoms with Crippen LogP contribution >= 0.6 is 0 Å². The molecule has 1 heterocycles. The van der Waals surface area contributed by atoms with Crippen molar-refractivity contribution in [3.8, 4) is 0 Å². The van der Waals surface area contributed by atoms with Crippen LogP contribution in [-0.2, 0) is 16.6 Å². The third kappa shape index (κ3) is 3.80. The highest BCUT2D eigenvalue weighted by Crippen LogP contribution is 2.22. The molecule has 1 aliphatic carbocycles. The average Bonchev–Trinajstić information content (AvgIpc) is 3.16. The fraction of sp³-hybridized carbons (Fsp3) is 0.769. The molecule has 0 aromatic carbocycles. The minimum absolute atomic E-state index is 0.131. The van der Waals surface area contributed by atoms with Crippen LogP contribution < -0.4 is 10.0 Å². The molecule has 2 rings (SSSR count). The van der Waals surface area contributed by atoms with Crippen molar-refractivity contribution in [2.75, 3.05) is 6.54 Å². The lowest BCUT2D eigenvalue weighted by Crippen LogP contribution is -2.30. The molecule has 0 radical (unpaired) electrons. The van der Waals surface area contributed by atoms with Gasteiger partial charge in [0.15, 0.2) is 5.03 Å². The SMILES string of the molecule is CCC(C)CNS(=O)(=O)c1n[nH]c(C)c1CNC1CC1. The van der Waals surface area contributed by atoms with Crippen LogP contribution in [-0.4, -0.2) is 31.2 Å². The zero-order valence-corrected chi connectivity index (χ0v) is 13.2. The van der Waals surface area contributed by atoms with Crippen LogP contribution in [0.5, 0.6) is 0 Å². The summed E-state index contributed by atoms with van der Waals surface area (Å²) >= 11 is 0. The van der Waals surface area contributed by atoms with Crippen molar-refractivity contribution < 1.29 is 8.42 Å². The fourth-order valence-corrected chi connectivity index (χ4v) is 3.22. The number of aryl methyl sites for hydroxylation is 1. The second-order valence-electron chi connectivity index (χ2n) is 5.65. The highest BCUT2D eigenvalue weighted by molar-refractivity contribution is 7.89. The van der Waals surface area contributed by atoms with E-state index in [0.29, 0.717) is 25.0 Å². The molecule has 0 amide bonds. The van der Waals surface area contributed by atoms with Crippen LogP contribution in [0, 0.1) is 12.8 Å². The summed E-state index contributed by atoms with van der Waals surface area (Å²) in [6, 6.07) is 0.535. The lowest BCUT2D eigenvalue weighted by molar-refractivity contribution is 0.525. The molecule has 3 N–H and O–H groups in total. The molecule has 114 valence electrons. The van der Waals surface area contributed by atoms with E-state index in [9.17, 15) is 8.42 Å². The molecule has 20 heavy (non-hydrogen) atoms. The normalized spacial score (nSPS) is 17.4. The second-order valence-corrected chi connectivity index (χ2v) is 7.34. The first-order chi connectivity index (χ1) is 9.44. The van der Waals surface area contributed by atoms with Gasteiger partial charge in [-0.2, -0.15) is 5.10 Å². The van der Waals surface area contributed by atoms with Crippen molar-refractivity contribution in [1.82, 2.24) is 20.2 Å². The summed E-state index contributed by atoms with van der Waals surface area (Å²) in [5, 5.41) is 10.2. The Morgan fingerprint density at radius 2 is 2.15 bits per heavy atom. The number of rotatable bonds is 8. The Morgan fingerprint density at radius 1 is 1.45 bits per heavy atom. The molecule has 0 bridgehead atoms. The first kappa shape index (κ1) is 15.5. The van der Waals surface area contributed by atoms with Gasteiger partial charge in [0, 0.05) is 30.4 Å². The van der Waals surface area contributed by atoms with Crippen LogP contribution in [0.2, 0.25) is 0 Å². The van der Waals surface area contributed by atoms with E-state index in [0.717, 1.165) is 17.7 Å². The minimum atomic E-state index is -3.54. The van der Waals surface area contributed by atoms with Gasteiger partial charge in [0.25, 0.3) is 10.0 Å². The molecule has 1 saturated carbocycles. The number of aromatic nitrogens is 2. The van der Waals surface area contributed by atoms with Gasteiger partial charge in [0.2, 0.25) is 0 Å². The zero-order chi connectivity index (χ0) is 14.8. The van der Waals surface area contributed by atoms with E-state index in [1.54, 1.807) is 0 Å². The van der Waals surface area contributed by atoms with Crippen LogP contribution in [0.25, 0.3) is 0 Å². The third-order valence-corrected chi connectivity index (χ3v) is 5.15. The highest BCUT2D eigenvalue weighted by atomic mass is 32.2. The molecule has 7 heteroatoms. The third-order valence-electron chi connectivity index (χ3n) is 3.75.